The van der Waals surface area contributed by atoms with E-state index in [1.165, 1.54) is 0 Å². The lowest BCUT2D eigenvalue weighted by Crippen LogP contribution is -2.15. The topological polar surface area (TPSA) is 50.1 Å². The van der Waals surface area contributed by atoms with Crippen LogP contribution in [0.4, 0.5) is 8.78 Å². The largest absolute Gasteiger partial charge is 0.378 e. The molecule has 20 heavy (non-hydrogen) atoms. The van der Waals surface area contributed by atoms with Crippen molar-refractivity contribution in [2.75, 3.05) is 6.61 Å². The molecule has 1 aromatic rings. The van der Waals surface area contributed by atoms with E-state index in [-0.39, 0.29) is 23.9 Å². The molecule has 5 heteroatoms. The van der Waals surface area contributed by atoms with Crippen LogP contribution in [0, 0.1) is 23.0 Å². The first-order valence-electron chi connectivity index (χ1n) is 6.60. The van der Waals surface area contributed by atoms with Crippen LogP contribution in [0.25, 0.3) is 0 Å². The average Bonchev–Trinajstić information content (AvgIpc) is 2.89. The number of carbonyl (C=O) groups is 1. The quantitative estimate of drug-likeness (QED) is 0.832. The van der Waals surface area contributed by atoms with Gasteiger partial charge >= 0.3 is 0 Å². The highest BCUT2D eigenvalue weighted by Crippen LogP contribution is 2.23. The molecule has 0 N–H and O–H groups in total. The minimum Gasteiger partial charge on any atom is -0.378 e. The number of nitriles is 1. The maximum absolute atomic E-state index is 13.1. The highest BCUT2D eigenvalue weighted by molar-refractivity contribution is 5.88. The Morgan fingerprint density at radius 3 is 2.65 bits per heavy atom. The molecular weight excluding hydrogens is 264 g/mol. The maximum Gasteiger partial charge on any atom is 0.154 e. The molecule has 0 bridgehead atoms. The van der Waals surface area contributed by atoms with Crippen LogP contribution in [0.5, 0.6) is 0 Å². The van der Waals surface area contributed by atoms with Gasteiger partial charge in [-0.1, -0.05) is 0 Å². The maximum atomic E-state index is 13.1. The Balaban J connectivity index is 2.03. The zero-order chi connectivity index (χ0) is 14.5. The normalized spacial score (nSPS) is 19.6. The zero-order valence-electron chi connectivity index (χ0n) is 10.9. The summed E-state index contributed by atoms with van der Waals surface area (Å²) in [7, 11) is 0. The molecule has 0 spiro atoms. The van der Waals surface area contributed by atoms with Crippen LogP contribution in [-0.4, -0.2) is 18.5 Å². The van der Waals surface area contributed by atoms with Crippen molar-refractivity contribution in [3.05, 3.63) is 35.4 Å². The van der Waals surface area contributed by atoms with E-state index in [2.05, 4.69) is 0 Å². The van der Waals surface area contributed by atoms with Crippen molar-refractivity contribution in [2.24, 2.45) is 0 Å². The minimum absolute atomic E-state index is 0.0579. The number of ether oxygens (including phenoxy) is 1. The van der Waals surface area contributed by atoms with Crippen molar-refractivity contribution < 1.29 is 18.3 Å². The molecule has 1 saturated heterocycles. The van der Waals surface area contributed by atoms with E-state index < -0.39 is 17.6 Å². The van der Waals surface area contributed by atoms with Gasteiger partial charge in [0, 0.05) is 19.1 Å². The van der Waals surface area contributed by atoms with Crippen molar-refractivity contribution in [2.45, 2.75) is 37.7 Å². The van der Waals surface area contributed by atoms with Gasteiger partial charge < -0.3 is 4.74 Å². The number of ketones is 1. The molecule has 106 valence electrons. The molecule has 1 aliphatic heterocycles. The number of carbonyl (C=O) groups excluding carboxylic acids is 1. The minimum atomic E-state index is -1.12. The molecule has 0 aromatic heterocycles. The molecule has 3 nitrogen and oxygen atoms in total. The second kappa shape index (κ2) is 6.58. The summed E-state index contributed by atoms with van der Waals surface area (Å²) in [6.07, 6.45) is 2.69. The lowest BCUT2D eigenvalue weighted by molar-refractivity contribution is -0.120. The summed E-state index contributed by atoms with van der Waals surface area (Å²) in [5.41, 5.74) is 0.0716. The molecule has 0 radical (unpaired) electrons. The Hall–Kier alpha value is -1.80. The summed E-state index contributed by atoms with van der Waals surface area (Å²) in [5.74, 6) is -3.02. The molecule has 2 unspecified atom stereocenters. The standard InChI is InChI=1S/C15H15F2NO2/c16-11-6-10(7-12(17)8-11)14(9-18)15(19)4-3-13-2-1-5-20-13/h6-8,13-14H,1-5H2. The van der Waals surface area contributed by atoms with Gasteiger partial charge in [0.15, 0.2) is 5.78 Å². The van der Waals surface area contributed by atoms with Gasteiger partial charge in [0.1, 0.15) is 17.6 Å². The van der Waals surface area contributed by atoms with Gasteiger partial charge in [0.2, 0.25) is 0 Å². The number of halogens is 2. The van der Waals surface area contributed by atoms with E-state index in [4.69, 9.17) is 10.00 Å². The molecule has 0 saturated carbocycles. The van der Waals surface area contributed by atoms with Crippen LogP contribution in [-0.2, 0) is 9.53 Å². The van der Waals surface area contributed by atoms with E-state index in [1.54, 1.807) is 0 Å². The fraction of sp³-hybridized carbons (Fsp3) is 0.467. The molecule has 1 aliphatic rings. The van der Waals surface area contributed by atoms with Crippen molar-refractivity contribution >= 4 is 5.78 Å². The molecule has 1 aromatic carbocycles. The van der Waals surface area contributed by atoms with Crippen molar-refractivity contribution in [1.29, 1.82) is 5.26 Å². The van der Waals surface area contributed by atoms with Gasteiger partial charge in [-0.2, -0.15) is 5.26 Å². The molecule has 0 amide bonds. The predicted octanol–water partition coefficient (Wildman–Crippen LogP) is 3.10. The summed E-state index contributed by atoms with van der Waals surface area (Å²) >= 11 is 0. The number of Topliss-reactive ketones (excluding diaryl/α,β-unsaturated/α-hetero) is 1. The monoisotopic (exact) mass is 279 g/mol. The first kappa shape index (κ1) is 14.6. The lowest BCUT2D eigenvalue weighted by Gasteiger charge is -2.11. The van der Waals surface area contributed by atoms with Crippen LogP contribution < -0.4 is 0 Å². The van der Waals surface area contributed by atoms with Gasteiger partial charge in [0.25, 0.3) is 0 Å². The fourth-order valence-electron chi connectivity index (χ4n) is 2.39. The van der Waals surface area contributed by atoms with E-state index in [9.17, 15) is 13.6 Å². The Kier molecular flexibility index (Phi) is 4.80. The third kappa shape index (κ3) is 3.61. The van der Waals surface area contributed by atoms with Gasteiger partial charge in [-0.25, -0.2) is 8.78 Å². The summed E-state index contributed by atoms with van der Waals surface area (Å²) in [5, 5.41) is 9.08. The smallest absolute Gasteiger partial charge is 0.154 e. The summed E-state index contributed by atoms with van der Waals surface area (Å²) in [6.45, 7) is 0.704. The first-order valence-corrected chi connectivity index (χ1v) is 6.60. The van der Waals surface area contributed by atoms with Crippen LogP contribution in [0.15, 0.2) is 18.2 Å². The number of benzene rings is 1. The molecule has 2 atom stereocenters. The van der Waals surface area contributed by atoms with Gasteiger partial charge in [-0.15, -0.1) is 0 Å². The number of hydrogen-bond acceptors (Lipinski definition) is 3. The fourth-order valence-corrected chi connectivity index (χ4v) is 2.39. The SMILES string of the molecule is N#CC(C(=O)CCC1CCCO1)c1cc(F)cc(F)c1. The Bertz CT molecular complexity index is 513. The van der Waals surface area contributed by atoms with E-state index >= 15 is 0 Å². The van der Waals surface area contributed by atoms with E-state index in [0.29, 0.717) is 13.0 Å². The van der Waals surface area contributed by atoms with Crippen molar-refractivity contribution in [3.63, 3.8) is 0 Å². The highest BCUT2D eigenvalue weighted by Gasteiger charge is 2.23. The second-order valence-electron chi connectivity index (χ2n) is 4.90. The van der Waals surface area contributed by atoms with E-state index in [0.717, 1.165) is 31.0 Å². The molecule has 1 heterocycles. The van der Waals surface area contributed by atoms with Gasteiger partial charge in [-0.3, -0.25) is 4.79 Å². The summed E-state index contributed by atoms with van der Waals surface area (Å²) in [4.78, 5) is 12.0. The van der Waals surface area contributed by atoms with Gasteiger partial charge in [0.05, 0.1) is 12.2 Å². The molecule has 0 aliphatic carbocycles. The predicted molar refractivity (Wildman–Crippen MR) is 67.9 cm³/mol. The van der Waals surface area contributed by atoms with Crippen LogP contribution in [0.3, 0.4) is 0 Å². The molecule has 2 rings (SSSR count). The number of hydrogen-bond donors (Lipinski definition) is 0. The number of rotatable bonds is 5. The number of nitrogens with zero attached hydrogens (tertiary/aromatic N) is 1. The lowest BCUT2D eigenvalue weighted by atomic mass is 9.92. The highest BCUT2D eigenvalue weighted by atomic mass is 19.1. The Morgan fingerprint density at radius 1 is 1.40 bits per heavy atom. The molecule has 1 fully saturated rings. The summed E-state index contributed by atoms with van der Waals surface area (Å²) < 4.78 is 31.7. The second-order valence-corrected chi connectivity index (χ2v) is 4.90. The molecular formula is C15H15F2NO2. The third-order valence-electron chi connectivity index (χ3n) is 3.41. The van der Waals surface area contributed by atoms with Gasteiger partial charge in [-0.05, 0) is 37.0 Å². The van der Waals surface area contributed by atoms with Crippen LogP contribution in [0.1, 0.15) is 37.2 Å². The van der Waals surface area contributed by atoms with Crippen molar-refractivity contribution in [3.8, 4) is 6.07 Å². The average molecular weight is 279 g/mol. The third-order valence-corrected chi connectivity index (χ3v) is 3.41. The van der Waals surface area contributed by atoms with Crippen LogP contribution in [0.2, 0.25) is 0 Å². The first-order chi connectivity index (χ1) is 9.60. The Morgan fingerprint density at radius 2 is 2.10 bits per heavy atom. The van der Waals surface area contributed by atoms with Crippen LogP contribution >= 0.6 is 0 Å². The zero-order valence-corrected chi connectivity index (χ0v) is 10.9. The Labute approximate surface area is 116 Å². The summed E-state index contributed by atoms with van der Waals surface area (Å²) in [6, 6.07) is 4.60. The van der Waals surface area contributed by atoms with Crippen molar-refractivity contribution in [1.82, 2.24) is 0 Å². The van der Waals surface area contributed by atoms with E-state index in [1.807, 2.05) is 6.07 Å².